The van der Waals surface area contributed by atoms with E-state index in [4.69, 9.17) is 9.47 Å². The van der Waals surface area contributed by atoms with Crippen LogP contribution in [0.15, 0.2) is 11.0 Å². The van der Waals surface area contributed by atoms with E-state index in [2.05, 4.69) is 4.98 Å². The zero-order chi connectivity index (χ0) is 13.6. The van der Waals surface area contributed by atoms with E-state index < -0.39 is 0 Å². The van der Waals surface area contributed by atoms with Gasteiger partial charge in [-0.3, -0.25) is 14.2 Å². The van der Waals surface area contributed by atoms with Crippen molar-refractivity contribution in [3.8, 4) is 6.01 Å². The molecule has 2 aliphatic rings. The summed E-state index contributed by atoms with van der Waals surface area (Å²) in [6.07, 6.45) is 3.28. The molecule has 3 atom stereocenters. The zero-order valence-corrected chi connectivity index (χ0v) is 11.0. The molecule has 0 radical (unpaired) electrons. The van der Waals surface area contributed by atoms with Gasteiger partial charge in [0.2, 0.25) is 0 Å². The van der Waals surface area contributed by atoms with E-state index in [1.165, 1.54) is 6.92 Å². The van der Waals surface area contributed by atoms with Crippen LogP contribution in [-0.2, 0) is 9.53 Å². The number of aryl methyl sites for hydroxylation is 1. The van der Waals surface area contributed by atoms with Crippen molar-refractivity contribution in [1.82, 2.24) is 9.55 Å². The molecular weight excluding hydrogens is 248 g/mol. The van der Waals surface area contributed by atoms with Gasteiger partial charge in [0.25, 0.3) is 11.6 Å². The van der Waals surface area contributed by atoms with Crippen molar-refractivity contribution in [1.29, 1.82) is 0 Å². The summed E-state index contributed by atoms with van der Waals surface area (Å²) in [4.78, 5) is 26.7. The topological polar surface area (TPSA) is 70.4 Å². The van der Waals surface area contributed by atoms with Gasteiger partial charge in [0, 0.05) is 18.7 Å². The Morgan fingerprint density at radius 3 is 3.05 bits per heavy atom. The molecule has 1 fully saturated rings. The smallest absolute Gasteiger partial charge is 0.302 e. The molecule has 102 valence electrons. The zero-order valence-electron chi connectivity index (χ0n) is 11.0. The number of carbonyl (C=O) groups is 1. The molecule has 2 heterocycles. The number of hydrogen-bond acceptors (Lipinski definition) is 5. The number of esters is 1. The molecule has 1 aromatic rings. The number of aromatic nitrogens is 2. The predicted octanol–water partition coefficient (Wildman–Crippen LogP) is 0.827. The minimum Gasteiger partial charge on any atom is -0.464 e. The SMILES string of the molecule is CC(=O)O[C@@H]1C[C@H]2COc3nc(=O)c(C)cn3[C@@H]1C2. The van der Waals surface area contributed by atoms with Crippen LogP contribution < -0.4 is 10.3 Å². The van der Waals surface area contributed by atoms with Crippen LogP contribution in [-0.4, -0.2) is 28.2 Å². The van der Waals surface area contributed by atoms with E-state index in [0.717, 1.165) is 12.8 Å². The first-order valence-corrected chi connectivity index (χ1v) is 6.44. The number of rotatable bonds is 1. The lowest BCUT2D eigenvalue weighted by Gasteiger charge is -2.24. The minimum absolute atomic E-state index is 0.0122. The van der Waals surface area contributed by atoms with E-state index in [-0.39, 0.29) is 23.7 Å². The molecule has 0 unspecified atom stereocenters. The Bertz CT molecular complexity index is 580. The van der Waals surface area contributed by atoms with Gasteiger partial charge in [-0.2, -0.15) is 4.98 Å². The highest BCUT2D eigenvalue weighted by molar-refractivity contribution is 5.66. The predicted molar refractivity (Wildman–Crippen MR) is 66.0 cm³/mol. The lowest BCUT2D eigenvalue weighted by atomic mass is 10.1. The lowest BCUT2D eigenvalue weighted by molar-refractivity contribution is -0.148. The molecule has 0 saturated heterocycles. The van der Waals surface area contributed by atoms with Crippen molar-refractivity contribution in [3.05, 3.63) is 22.1 Å². The highest BCUT2D eigenvalue weighted by Gasteiger charge is 2.41. The Morgan fingerprint density at radius 2 is 2.32 bits per heavy atom. The number of carbonyl (C=O) groups excluding carboxylic acids is 1. The van der Waals surface area contributed by atoms with Crippen LogP contribution in [0.25, 0.3) is 0 Å². The molecule has 1 aliphatic heterocycles. The van der Waals surface area contributed by atoms with E-state index in [1.54, 1.807) is 13.1 Å². The summed E-state index contributed by atoms with van der Waals surface area (Å²) in [5, 5.41) is 0. The molecule has 0 spiro atoms. The van der Waals surface area contributed by atoms with Crippen LogP contribution >= 0.6 is 0 Å². The fraction of sp³-hybridized carbons (Fsp3) is 0.615. The van der Waals surface area contributed by atoms with Crippen LogP contribution in [0, 0.1) is 12.8 Å². The summed E-state index contributed by atoms with van der Waals surface area (Å²) < 4.78 is 12.8. The largest absolute Gasteiger partial charge is 0.464 e. The van der Waals surface area contributed by atoms with Crippen molar-refractivity contribution in [2.24, 2.45) is 5.92 Å². The number of hydrogen-bond donors (Lipinski definition) is 0. The highest BCUT2D eigenvalue weighted by Crippen LogP contribution is 2.41. The molecule has 1 aliphatic carbocycles. The highest BCUT2D eigenvalue weighted by atomic mass is 16.5. The Morgan fingerprint density at radius 1 is 1.53 bits per heavy atom. The second-order valence-electron chi connectivity index (χ2n) is 5.28. The molecule has 0 aromatic carbocycles. The summed E-state index contributed by atoms with van der Waals surface area (Å²) >= 11 is 0. The first kappa shape index (κ1) is 12.2. The van der Waals surface area contributed by atoms with Gasteiger partial charge in [-0.05, 0) is 25.7 Å². The van der Waals surface area contributed by atoms with E-state index in [9.17, 15) is 9.59 Å². The molecule has 1 saturated carbocycles. The fourth-order valence-electron chi connectivity index (χ4n) is 2.93. The quantitative estimate of drug-likeness (QED) is 0.702. The van der Waals surface area contributed by atoms with Crippen LogP contribution in [0.2, 0.25) is 0 Å². The van der Waals surface area contributed by atoms with Gasteiger partial charge in [-0.25, -0.2) is 0 Å². The van der Waals surface area contributed by atoms with Crippen LogP contribution in [0.4, 0.5) is 0 Å². The number of nitrogens with zero attached hydrogens (tertiary/aromatic N) is 2. The van der Waals surface area contributed by atoms with Crippen molar-refractivity contribution in [2.75, 3.05) is 6.61 Å². The van der Waals surface area contributed by atoms with Gasteiger partial charge in [0.15, 0.2) is 0 Å². The first-order valence-electron chi connectivity index (χ1n) is 6.44. The molecule has 1 aromatic heterocycles. The van der Waals surface area contributed by atoms with E-state index in [0.29, 0.717) is 24.1 Å². The molecule has 2 bridgehead atoms. The molecular formula is C13H16N2O4. The second kappa shape index (κ2) is 4.36. The maximum Gasteiger partial charge on any atom is 0.302 e. The Balaban J connectivity index is 2.02. The Hall–Kier alpha value is -1.85. The van der Waals surface area contributed by atoms with Gasteiger partial charge in [0.1, 0.15) is 6.10 Å². The van der Waals surface area contributed by atoms with Gasteiger partial charge in [-0.1, -0.05) is 0 Å². The fourth-order valence-corrected chi connectivity index (χ4v) is 2.93. The molecule has 6 heteroatoms. The molecule has 6 nitrogen and oxygen atoms in total. The summed E-state index contributed by atoms with van der Waals surface area (Å²) in [6.45, 7) is 3.66. The summed E-state index contributed by atoms with van der Waals surface area (Å²) in [7, 11) is 0. The third-order valence-corrected chi connectivity index (χ3v) is 3.78. The van der Waals surface area contributed by atoms with Crippen LogP contribution in [0.3, 0.4) is 0 Å². The third-order valence-electron chi connectivity index (χ3n) is 3.78. The van der Waals surface area contributed by atoms with Gasteiger partial charge in [-0.15, -0.1) is 0 Å². The van der Waals surface area contributed by atoms with Crippen molar-refractivity contribution in [3.63, 3.8) is 0 Å². The van der Waals surface area contributed by atoms with Gasteiger partial charge < -0.3 is 9.47 Å². The Kier molecular flexibility index (Phi) is 2.80. The molecule has 3 rings (SSSR count). The summed E-state index contributed by atoms with van der Waals surface area (Å²) in [5.74, 6) is 0.0656. The number of fused-ring (bicyclic) bond motifs is 4. The maximum absolute atomic E-state index is 11.6. The van der Waals surface area contributed by atoms with E-state index >= 15 is 0 Å². The number of ether oxygens (including phenoxy) is 2. The molecule has 0 N–H and O–H groups in total. The van der Waals surface area contributed by atoms with Crippen molar-refractivity contribution < 1.29 is 14.3 Å². The third kappa shape index (κ3) is 2.11. The normalized spacial score (nSPS) is 28.2. The average Bonchev–Trinajstić information content (AvgIpc) is 2.63. The lowest BCUT2D eigenvalue weighted by Crippen LogP contribution is -2.28. The van der Waals surface area contributed by atoms with Gasteiger partial charge >= 0.3 is 5.97 Å². The second-order valence-corrected chi connectivity index (χ2v) is 5.28. The van der Waals surface area contributed by atoms with Crippen LogP contribution in [0.5, 0.6) is 6.01 Å². The summed E-state index contributed by atoms with van der Waals surface area (Å²) in [6, 6.07) is 0.346. The molecule has 0 amide bonds. The van der Waals surface area contributed by atoms with Crippen LogP contribution in [0.1, 0.15) is 31.4 Å². The molecule has 19 heavy (non-hydrogen) atoms. The monoisotopic (exact) mass is 264 g/mol. The average molecular weight is 264 g/mol. The standard InChI is InChI=1S/C13H16N2O4/c1-7-5-15-10-3-9(4-11(10)19-8(2)16)6-18-13(15)14-12(7)17/h5,9-11H,3-4,6H2,1-2H3/t9-,10+,11+/m0/s1. The Labute approximate surface area is 110 Å². The summed E-state index contributed by atoms with van der Waals surface area (Å²) in [5.41, 5.74) is 0.298. The van der Waals surface area contributed by atoms with Crippen molar-refractivity contribution >= 4 is 5.97 Å². The maximum atomic E-state index is 11.6. The minimum atomic E-state index is -0.274. The van der Waals surface area contributed by atoms with E-state index in [1.807, 2.05) is 4.57 Å². The van der Waals surface area contributed by atoms with Crippen molar-refractivity contribution in [2.45, 2.75) is 38.8 Å². The van der Waals surface area contributed by atoms with Gasteiger partial charge in [0.05, 0.1) is 12.6 Å². The first-order chi connectivity index (χ1) is 9.04.